The van der Waals surface area contributed by atoms with E-state index < -0.39 is 0 Å². The van der Waals surface area contributed by atoms with E-state index in [0.717, 1.165) is 19.4 Å². The second-order valence-electron chi connectivity index (χ2n) is 4.38. The van der Waals surface area contributed by atoms with Crippen molar-refractivity contribution in [2.45, 2.75) is 25.8 Å². The molecule has 2 heterocycles. The third-order valence-electron chi connectivity index (χ3n) is 2.93. The van der Waals surface area contributed by atoms with E-state index >= 15 is 0 Å². The normalized spacial score (nSPS) is 12.3. The Balaban J connectivity index is 2.00. The predicted octanol–water partition coefficient (Wildman–Crippen LogP) is 2.24. The van der Waals surface area contributed by atoms with Crippen molar-refractivity contribution in [3.63, 3.8) is 0 Å². The second-order valence-corrected chi connectivity index (χ2v) is 4.38. The zero-order valence-corrected chi connectivity index (χ0v) is 10.7. The van der Waals surface area contributed by atoms with Gasteiger partial charge in [0.1, 0.15) is 0 Å². The molecule has 0 aliphatic rings. The molecule has 2 aromatic heterocycles. The van der Waals surface area contributed by atoms with E-state index in [9.17, 15) is 0 Å². The number of nitrogens with zero attached hydrogens (tertiary/aromatic N) is 2. The van der Waals surface area contributed by atoms with Gasteiger partial charge in [0.2, 0.25) is 0 Å². The fourth-order valence-corrected chi connectivity index (χ4v) is 2.11. The number of aromatic nitrogens is 2. The first kappa shape index (κ1) is 12.7. The van der Waals surface area contributed by atoms with Gasteiger partial charge >= 0.3 is 0 Å². The highest BCUT2D eigenvalue weighted by atomic mass is 14.9. The van der Waals surface area contributed by atoms with Crippen LogP contribution >= 0.6 is 0 Å². The maximum Gasteiger partial charge on any atom is 0.0300 e. The Kier molecular flexibility index (Phi) is 4.85. The van der Waals surface area contributed by atoms with Crippen LogP contribution in [-0.4, -0.2) is 22.6 Å². The topological polar surface area (TPSA) is 37.8 Å². The predicted molar refractivity (Wildman–Crippen MR) is 73.3 cm³/mol. The third kappa shape index (κ3) is 3.93. The number of rotatable bonds is 6. The van der Waals surface area contributed by atoms with Gasteiger partial charge in [0.05, 0.1) is 0 Å². The van der Waals surface area contributed by atoms with Crippen LogP contribution in [0.2, 0.25) is 0 Å². The van der Waals surface area contributed by atoms with Gasteiger partial charge in [0, 0.05) is 30.8 Å². The smallest absolute Gasteiger partial charge is 0.0300 e. The van der Waals surface area contributed by atoms with Crippen molar-refractivity contribution < 1.29 is 0 Å². The SMILES string of the molecule is CCNC(Cc1ccncc1)Cc1cccnc1. The summed E-state index contributed by atoms with van der Waals surface area (Å²) in [5.41, 5.74) is 2.59. The standard InChI is InChI=1S/C15H19N3/c1-2-18-15(10-13-5-8-16-9-6-13)11-14-4-3-7-17-12-14/h3-9,12,15,18H,2,10-11H2,1H3. The van der Waals surface area contributed by atoms with Crippen LogP contribution < -0.4 is 5.32 Å². The maximum atomic E-state index is 4.17. The summed E-state index contributed by atoms with van der Waals surface area (Å²) < 4.78 is 0. The van der Waals surface area contributed by atoms with Crippen molar-refractivity contribution in [3.8, 4) is 0 Å². The van der Waals surface area contributed by atoms with Gasteiger partial charge < -0.3 is 5.32 Å². The van der Waals surface area contributed by atoms with Crippen LogP contribution in [0.4, 0.5) is 0 Å². The van der Waals surface area contributed by atoms with Gasteiger partial charge in [-0.15, -0.1) is 0 Å². The molecule has 0 bridgehead atoms. The number of likely N-dealkylation sites (N-methyl/N-ethyl adjacent to an activating group) is 1. The van der Waals surface area contributed by atoms with Crippen LogP contribution in [0.1, 0.15) is 18.1 Å². The minimum atomic E-state index is 0.446. The summed E-state index contributed by atoms with van der Waals surface area (Å²) >= 11 is 0. The van der Waals surface area contributed by atoms with Gasteiger partial charge in [-0.25, -0.2) is 0 Å². The Labute approximate surface area is 108 Å². The average molecular weight is 241 g/mol. The van der Waals surface area contributed by atoms with E-state index in [2.05, 4.69) is 40.4 Å². The summed E-state index contributed by atoms with van der Waals surface area (Å²) in [4.78, 5) is 8.22. The van der Waals surface area contributed by atoms with Crippen molar-refractivity contribution >= 4 is 0 Å². The molecule has 94 valence electrons. The molecule has 18 heavy (non-hydrogen) atoms. The number of pyridine rings is 2. The molecule has 0 aliphatic carbocycles. The van der Waals surface area contributed by atoms with Gasteiger partial charge in [0.15, 0.2) is 0 Å². The van der Waals surface area contributed by atoms with Crippen molar-refractivity contribution in [1.82, 2.24) is 15.3 Å². The van der Waals surface area contributed by atoms with E-state index in [4.69, 9.17) is 0 Å². The maximum absolute atomic E-state index is 4.17. The number of hydrogen-bond donors (Lipinski definition) is 1. The summed E-state index contributed by atoms with van der Waals surface area (Å²) in [6, 6.07) is 8.72. The van der Waals surface area contributed by atoms with Gasteiger partial charge in [-0.2, -0.15) is 0 Å². The fraction of sp³-hybridized carbons (Fsp3) is 0.333. The van der Waals surface area contributed by atoms with E-state index in [1.807, 2.05) is 30.9 Å². The zero-order valence-electron chi connectivity index (χ0n) is 10.7. The highest BCUT2D eigenvalue weighted by Gasteiger charge is 2.09. The monoisotopic (exact) mass is 241 g/mol. The zero-order chi connectivity index (χ0) is 12.6. The van der Waals surface area contributed by atoms with Crippen LogP contribution in [0.25, 0.3) is 0 Å². The summed E-state index contributed by atoms with van der Waals surface area (Å²) in [6.07, 6.45) is 9.48. The molecular formula is C15H19N3. The average Bonchev–Trinajstić information content (AvgIpc) is 2.41. The molecule has 3 nitrogen and oxygen atoms in total. The first-order chi connectivity index (χ1) is 8.88. The molecule has 2 aromatic rings. The summed E-state index contributed by atoms with van der Waals surface area (Å²) in [6.45, 7) is 3.12. The molecule has 3 heteroatoms. The molecule has 0 aromatic carbocycles. The number of hydrogen-bond acceptors (Lipinski definition) is 3. The molecule has 0 fully saturated rings. The molecule has 0 spiro atoms. The van der Waals surface area contributed by atoms with Gasteiger partial charge in [0.25, 0.3) is 0 Å². The highest BCUT2D eigenvalue weighted by Crippen LogP contribution is 2.07. The molecule has 0 saturated carbocycles. The first-order valence-electron chi connectivity index (χ1n) is 6.39. The molecular weight excluding hydrogens is 222 g/mol. The van der Waals surface area contributed by atoms with Crippen LogP contribution in [0.3, 0.4) is 0 Å². The minimum absolute atomic E-state index is 0.446. The molecule has 0 amide bonds. The minimum Gasteiger partial charge on any atom is -0.314 e. The van der Waals surface area contributed by atoms with E-state index in [1.165, 1.54) is 11.1 Å². The Bertz CT molecular complexity index is 400. The lowest BCUT2D eigenvalue weighted by molar-refractivity contribution is 0.520. The van der Waals surface area contributed by atoms with Gasteiger partial charge in [-0.3, -0.25) is 9.97 Å². The Morgan fingerprint density at radius 2 is 1.78 bits per heavy atom. The molecule has 0 saturated heterocycles. The molecule has 0 radical (unpaired) electrons. The second kappa shape index (κ2) is 6.87. The number of nitrogens with one attached hydrogen (secondary N) is 1. The van der Waals surface area contributed by atoms with Crippen LogP contribution in [0, 0.1) is 0 Å². The fourth-order valence-electron chi connectivity index (χ4n) is 2.11. The van der Waals surface area contributed by atoms with E-state index in [1.54, 1.807) is 0 Å². The van der Waals surface area contributed by atoms with E-state index in [0.29, 0.717) is 6.04 Å². The van der Waals surface area contributed by atoms with Gasteiger partial charge in [-0.1, -0.05) is 13.0 Å². The Morgan fingerprint density at radius 1 is 1.00 bits per heavy atom. The molecule has 1 N–H and O–H groups in total. The summed E-state index contributed by atoms with van der Waals surface area (Å²) in [7, 11) is 0. The van der Waals surface area contributed by atoms with Crippen molar-refractivity contribution in [2.75, 3.05) is 6.54 Å². The Hall–Kier alpha value is -1.74. The quantitative estimate of drug-likeness (QED) is 0.843. The lowest BCUT2D eigenvalue weighted by Gasteiger charge is -2.17. The van der Waals surface area contributed by atoms with E-state index in [-0.39, 0.29) is 0 Å². The summed E-state index contributed by atoms with van der Waals surface area (Å²) in [5, 5.41) is 3.53. The largest absolute Gasteiger partial charge is 0.314 e. The van der Waals surface area contributed by atoms with Crippen LogP contribution in [-0.2, 0) is 12.8 Å². The van der Waals surface area contributed by atoms with Crippen LogP contribution in [0.5, 0.6) is 0 Å². The van der Waals surface area contributed by atoms with Crippen LogP contribution in [0.15, 0.2) is 49.1 Å². The lowest BCUT2D eigenvalue weighted by atomic mass is 10.0. The molecule has 1 unspecified atom stereocenters. The third-order valence-corrected chi connectivity index (χ3v) is 2.93. The molecule has 1 atom stereocenters. The van der Waals surface area contributed by atoms with Gasteiger partial charge in [-0.05, 0) is 48.7 Å². The van der Waals surface area contributed by atoms with Crippen molar-refractivity contribution in [1.29, 1.82) is 0 Å². The Morgan fingerprint density at radius 3 is 2.44 bits per heavy atom. The lowest BCUT2D eigenvalue weighted by Crippen LogP contribution is -2.33. The first-order valence-corrected chi connectivity index (χ1v) is 6.39. The molecule has 2 rings (SSSR count). The van der Waals surface area contributed by atoms with Crippen molar-refractivity contribution in [3.05, 3.63) is 60.2 Å². The highest BCUT2D eigenvalue weighted by molar-refractivity contribution is 5.15. The summed E-state index contributed by atoms with van der Waals surface area (Å²) in [5.74, 6) is 0. The molecule has 0 aliphatic heterocycles. The van der Waals surface area contributed by atoms with Crippen molar-refractivity contribution in [2.24, 2.45) is 0 Å².